The first kappa shape index (κ1) is 15.0. The van der Waals surface area contributed by atoms with Gasteiger partial charge in [0, 0.05) is 13.6 Å². The van der Waals surface area contributed by atoms with Crippen molar-refractivity contribution in [3.05, 3.63) is 23.8 Å². The van der Waals surface area contributed by atoms with Gasteiger partial charge in [0.05, 0.1) is 0 Å². The van der Waals surface area contributed by atoms with Gasteiger partial charge in [0.15, 0.2) is 0 Å². The molecule has 1 unspecified atom stereocenters. The Bertz CT molecular complexity index is 346. The van der Waals surface area contributed by atoms with Crippen LogP contribution in [0.3, 0.4) is 0 Å². The smallest absolute Gasteiger partial charge is 0.242 e. The average Bonchev–Trinajstić information content (AvgIpc) is 2.39. The zero-order valence-electron chi connectivity index (χ0n) is 12.1. The van der Waals surface area contributed by atoms with Crippen molar-refractivity contribution in [3.63, 3.8) is 0 Å². The van der Waals surface area contributed by atoms with Gasteiger partial charge in [-0.25, -0.2) is 0 Å². The molecule has 1 amide bonds. The van der Waals surface area contributed by atoms with Crippen molar-refractivity contribution >= 4 is 5.91 Å². The van der Waals surface area contributed by atoms with Crippen LogP contribution in [0.15, 0.2) is 23.8 Å². The lowest BCUT2D eigenvalue weighted by molar-refractivity contribution is -0.140. The lowest BCUT2D eigenvalue weighted by atomic mass is 9.81. The summed E-state index contributed by atoms with van der Waals surface area (Å²) < 4.78 is 0. The maximum Gasteiger partial charge on any atom is 0.242 e. The molecular formula is C15H26N2O. The number of likely N-dealkylation sites (N-methyl/N-ethyl adjacent to an activating group) is 2. The van der Waals surface area contributed by atoms with Crippen LogP contribution in [-0.2, 0) is 4.79 Å². The zero-order valence-corrected chi connectivity index (χ0v) is 12.1. The van der Waals surface area contributed by atoms with E-state index in [4.69, 9.17) is 0 Å². The number of amides is 1. The molecule has 1 rings (SSSR count). The highest BCUT2D eigenvalue weighted by atomic mass is 16.2. The van der Waals surface area contributed by atoms with Crippen LogP contribution in [0.5, 0.6) is 0 Å². The van der Waals surface area contributed by atoms with Gasteiger partial charge >= 0.3 is 0 Å². The van der Waals surface area contributed by atoms with E-state index in [-0.39, 0.29) is 5.91 Å². The van der Waals surface area contributed by atoms with Crippen molar-refractivity contribution in [1.29, 1.82) is 0 Å². The zero-order chi connectivity index (χ0) is 13.6. The Morgan fingerprint density at radius 3 is 2.83 bits per heavy atom. The highest BCUT2D eigenvalue weighted by Gasteiger charge is 2.41. The Morgan fingerprint density at radius 1 is 1.56 bits per heavy atom. The molecule has 1 N–H and O–H groups in total. The van der Waals surface area contributed by atoms with Gasteiger partial charge in [0.1, 0.15) is 5.54 Å². The van der Waals surface area contributed by atoms with Crippen molar-refractivity contribution < 1.29 is 4.79 Å². The molecular weight excluding hydrogens is 224 g/mol. The largest absolute Gasteiger partial charge is 0.344 e. The van der Waals surface area contributed by atoms with Crippen LogP contribution >= 0.6 is 0 Å². The van der Waals surface area contributed by atoms with E-state index in [1.165, 1.54) is 5.57 Å². The minimum absolute atomic E-state index is 0.232. The molecule has 3 heteroatoms. The van der Waals surface area contributed by atoms with Crippen molar-refractivity contribution in [2.45, 2.75) is 45.1 Å². The summed E-state index contributed by atoms with van der Waals surface area (Å²) in [4.78, 5) is 14.3. The minimum Gasteiger partial charge on any atom is -0.344 e. The molecule has 102 valence electrons. The molecule has 3 nitrogen and oxygen atoms in total. The molecule has 0 spiro atoms. The third-order valence-corrected chi connectivity index (χ3v) is 3.84. The molecule has 0 saturated carbocycles. The molecule has 1 aliphatic rings. The third kappa shape index (κ3) is 3.22. The summed E-state index contributed by atoms with van der Waals surface area (Å²) in [5.74, 6) is 0.232. The van der Waals surface area contributed by atoms with E-state index in [2.05, 4.69) is 24.4 Å². The Labute approximate surface area is 111 Å². The fourth-order valence-corrected chi connectivity index (χ4v) is 2.60. The van der Waals surface area contributed by atoms with Crippen molar-refractivity contribution in [2.75, 3.05) is 20.6 Å². The number of carbonyl (C=O) groups excluding carboxylic acids is 1. The molecule has 1 aliphatic heterocycles. The van der Waals surface area contributed by atoms with E-state index in [1.807, 2.05) is 32.0 Å². The van der Waals surface area contributed by atoms with E-state index in [0.717, 1.165) is 32.2 Å². The molecule has 0 aromatic rings. The second-order valence-electron chi connectivity index (χ2n) is 5.04. The number of piperidine rings is 1. The van der Waals surface area contributed by atoms with E-state index < -0.39 is 5.54 Å². The Morgan fingerprint density at radius 2 is 2.28 bits per heavy atom. The topological polar surface area (TPSA) is 32.3 Å². The number of carbonyl (C=O) groups is 1. The molecule has 0 radical (unpaired) electrons. The first-order chi connectivity index (χ1) is 8.59. The van der Waals surface area contributed by atoms with Crippen LogP contribution in [0.1, 0.15) is 39.5 Å². The van der Waals surface area contributed by atoms with E-state index >= 15 is 0 Å². The number of hydrogen-bond acceptors (Lipinski definition) is 2. The quantitative estimate of drug-likeness (QED) is 0.760. The first-order valence-electron chi connectivity index (χ1n) is 6.85. The summed E-state index contributed by atoms with van der Waals surface area (Å²) in [6.45, 7) is 5.04. The number of hydrogen-bond donors (Lipinski definition) is 1. The van der Waals surface area contributed by atoms with Crippen LogP contribution in [0.4, 0.5) is 0 Å². The molecule has 0 aliphatic carbocycles. The normalized spacial score (nSPS) is 26.1. The van der Waals surface area contributed by atoms with Gasteiger partial charge in [0.25, 0.3) is 0 Å². The lowest BCUT2D eigenvalue weighted by Gasteiger charge is -2.40. The molecule has 0 bridgehead atoms. The number of likely N-dealkylation sites (tertiary alicyclic amines) is 1. The van der Waals surface area contributed by atoms with Gasteiger partial charge < -0.3 is 10.2 Å². The van der Waals surface area contributed by atoms with Crippen LogP contribution in [0.2, 0.25) is 0 Å². The standard InChI is InChI=1S/C15H26N2O/c1-5-7-9-13(6-2)12-15(16-3)10-8-11-17(4)14(15)18/h5,7,9,16H,6,8,10-12H2,1-4H3/b7-5-,13-9+. The minimum atomic E-state index is -0.392. The summed E-state index contributed by atoms with van der Waals surface area (Å²) >= 11 is 0. The predicted octanol–water partition coefficient (Wildman–Crippen LogP) is 2.50. The van der Waals surface area contributed by atoms with Gasteiger partial charge in [-0.05, 0) is 39.7 Å². The molecule has 1 fully saturated rings. The Kier molecular flexibility index (Phi) is 5.60. The molecule has 1 saturated heterocycles. The highest BCUT2D eigenvalue weighted by Crippen LogP contribution is 2.29. The number of nitrogens with zero attached hydrogens (tertiary/aromatic N) is 1. The fourth-order valence-electron chi connectivity index (χ4n) is 2.60. The second kappa shape index (κ2) is 6.74. The lowest BCUT2D eigenvalue weighted by Crippen LogP contribution is -2.59. The monoisotopic (exact) mass is 250 g/mol. The van der Waals surface area contributed by atoms with Crippen molar-refractivity contribution in [1.82, 2.24) is 10.2 Å². The van der Waals surface area contributed by atoms with Gasteiger partial charge in [-0.15, -0.1) is 0 Å². The third-order valence-electron chi connectivity index (χ3n) is 3.84. The number of allylic oxidation sites excluding steroid dienone is 3. The average molecular weight is 250 g/mol. The Hall–Kier alpha value is -1.09. The highest BCUT2D eigenvalue weighted by molar-refractivity contribution is 5.87. The fraction of sp³-hybridized carbons (Fsp3) is 0.667. The summed E-state index contributed by atoms with van der Waals surface area (Å²) in [7, 11) is 3.80. The van der Waals surface area contributed by atoms with Crippen LogP contribution < -0.4 is 5.32 Å². The number of nitrogens with one attached hydrogen (secondary N) is 1. The van der Waals surface area contributed by atoms with Gasteiger partial charge in [-0.3, -0.25) is 4.79 Å². The van der Waals surface area contributed by atoms with E-state index in [0.29, 0.717) is 0 Å². The summed E-state index contributed by atoms with van der Waals surface area (Å²) in [5, 5.41) is 3.28. The van der Waals surface area contributed by atoms with Crippen molar-refractivity contribution in [3.8, 4) is 0 Å². The molecule has 1 heterocycles. The molecule has 1 atom stereocenters. The van der Waals surface area contributed by atoms with Crippen molar-refractivity contribution in [2.24, 2.45) is 0 Å². The summed E-state index contributed by atoms with van der Waals surface area (Å²) in [6.07, 6.45) is 10.0. The van der Waals surface area contributed by atoms with E-state index in [1.54, 1.807) is 0 Å². The summed E-state index contributed by atoms with van der Waals surface area (Å²) in [6, 6.07) is 0. The molecule has 18 heavy (non-hydrogen) atoms. The first-order valence-corrected chi connectivity index (χ1v) is 6.85. The predicted molar refractivity (Wildman–Crippen MR) is 76.5 cm³/mol. The van der Waals surface area contributed by atoms with E-state index in [9.17, 15) is 4.79 Å². The van der Waals surface area contributed by atoms with Crippen LogP contribution in [0.25, 0.3) is 0 Å². The van der Waals surface area contributed by atoms with Gasteiger partial charge in [-0.2, -0.15) is 0 Å². The second-order valence-corrected chi connectivity index (χ2v) is 5.04. The van der Waals surface area contributed by atoms with Crippen LogP contribution in [-0.4, -0.2) is 37.0 Å². The van der Waals surface area contributed by atoms with Gasteiger partial charge in [0.2, 0.25) is 5.91 Å². The SMILES string of the molecule is C/C=C\C=C(/CC)CC1(NC)CCCN(C)C1=O. The van der Waals surface area contributed by atoms with Gasteiger partial charge in [-0.1, -0.05) is 30.7 Å². The van der Waals surface area contributed by atoms with Crippen LogP contribution in [0, 0.1) is 0 Å². The maximum absolute atomic E-state index is 12.4. The number of rotatable bonds is 5. The summed E-state index contributed by atoms with van der Waals surface area (Å²) in [5.41, 5.74) is 0.933. The molecule has 0 aromatic heterocycles. The molecule has 0 aromatic carbocycles. The Balaban J connectivity index is 2.90. The maximum atomic E-state index is 12.4.